The Balaban J connectivity index is 2.53. The first kappa shape index (κ1) is 12.6. The summed E-state index contributed by atoms with van der Waals surface area (Å²) in [6, 6.07) is 2.01. The van der Waals surface area contributed by atoms with Crippen LogP contribution in [0.25, 0.3) is 11.0 Å². The molecule has 0 bridgehead atoms. The molecule has 96 valence electrons. The molecular weight excluding hydrogens is 228 g/mol. The zero-order chi connectivity index (χ0) is 13.5. The second-order valence-electron chi connectivity index (χ2n) is 5.59. The number of benzene rings is 1. The number of aryl methyl sites for hydroxylation is 1. The summed E-state index contributed by atoms with van der Waals surface area (Å²) in [5.41, 5.74) is 3.08. The largest absolute Gasteiger partial charge is 0.423 e. The van der Waals surface area contributed by atoms with Crippen LogP contribution in [0.1, 0.15) is 31.9 Å². The molecule has 1 aromatic heterocycles. The van der Waals surface area contributed by atoms with Crippen molar-refractivity contribution in [3.8, 4) is 5.75 Å². The van der Waals surface area contributed by atoms with E-state index in [1.54, 1.807) is 6.33 Å². The van der Waals surface area contributed by atoms with E-state index in [2.05, 4.69) is 9.97 Å². The lowest BCUT2D eigenvalue weighted by molar-refractivity contribution is -0.142. The highest BCUT2D eigenvalue weighted by Crippen LogP contribution is 2.31. The van der Waals surface area contributed by atoms with Crippen molar-refractivity contribution in [2.24, 2.45) is 5.41 Å². The summed E-state index contributed by atoms with van der Waals surface area (Å²) in [7, 11) is 0. The van der Waals surface area contributed by atoms with Gasteiger partial charge in [0.1, 0.15) is 5.52 Å². The van der Waals surface area contributed by atoms with Crippen LogP contribution in [-0.2, 0) is 4.79 Å². The molecule has 4 nitrogen and oxygen atoms in total. The Labute approximate surface area is 106 Å². The molecule has 2 aromatic rings. The Hall–Kier alpha value is -1.84. The second kappa shape index (κ2) is 4.12. The molecule has 0 aliphatic carbocycles. The van der Waals surface area contributed by atoms with E-state index in [4.69, 9.17) is 4.74 Å². The number of imidazole rings is 1. The van der Waals surface area contributed by atoms with E-state index in [1.165, 1.54) is 0 Å². The van der Waals surface area contributed by atoms with Crippen LogP contribution in [0, 0.1) is 19.3 Å². The van der Waals surface area contributed by atoms with E-state index >= 15 is 0 Å². The number of nitrogens with zero attached hydrogens (tertiary/aromatic N) is 1. The zero-order valence-electron chi connectivity index (χ0n) is 11.4. The minimum absolute atomic E-state index is 0.250. The van der Waals surface area contributed by atoms with Gasteiger partial charge in [0.25, 0.3) is 0 Å². The molecule has 0 aliphatic rings. The standard InChI is InChI=1S/C14H18N2O2/c1-8-6-10-11(16-7-15-10)12(9(8)2)18-13(17)14(3,4)5/h6-7H,1-5H3,(H,15,16). The van der Waals surface area contributed by atoms with Crippen LogP contribution in [0.15, 0.2) is 12.4 Å². The number of aromatic nitrogens is 2. The molecule has 0 fully saturated rings. The number of aromatic amines is 1. The van der Waals surface area contributed by atoms with Gasteiger partial charge in [0.2, 0.25) is 0 Å². The lowest BCUT2D eigenvalue weighted by atomic mass is 9.97. The number of nitrogens with one attached hydrogen (secondary N) is 1. The monoisotopic (exact) mass is 246 g/mol. The smallest absolute Gasteiger partial charge is 0.316 e. The Morgan fingerprint density at radius 3 is 2.61 bits per heavy atom. The Morgan fingerprint density at radius 1 is 1.33 bits per heavy atom. The van der Waals surface area contributed by atoms with Crippen LogP contribution in [0.5, 0.6) is 5.75 Å². The summed E-state index contributed by atoms with van der Waals surface area (Å²) in [5.74, 6) is 0.312. The van der Waals surface area contributed by atoms with Gasteiger partial charge in [0.15, 0.2) is 5.75 Å². The van der Waals surface area contributed by atoms with E-state index in [9.17, 15) is 4.79 Å². The lowest BCUT2D eigenvalue weighted by Crippen LogP contribution is -2.26. The molecule has 0 spiro atoms. The number of carbonyl (C=O) groups excluding carboxylic acids is 1. The van der Waals surface area contributed by atoms with Gasteiger partial charge in [-0.25, -0.2) is 4.98 Å². The summed E-state index contributed by atoms with van der Waals surface area (Å²) in [5, 5.41) is 0. The normalized spacial score (nSPS) is 11.8. The fraction of sp³-hybridized carbons (Fsp3) is 0.429. The molecule has 0 saturated carbocycles. The van der Waals surface area contributed by atoms with Crippen LogP contribution < -0.4 is 4.74 Å². The number of hydrogen-bond acceptors (Lipinski definition) is 3. The van der Waals surface area contributed by atoms with Gasteiger partial charge in [0, 0.05) is 0 Å². The number of carbonyl (C=O) groups is 1. The Morgan fingerprint density at radius 2 is 2.00 bits per heavy atom. The van der Waals surface area contributed by atoms with Gasteiger partial charge >= 0.3 is 5.97 Å². The minimum atomic E-state index is -0.529. The lowest BCUT2D eigenvalue weighted by Gasteiger charge is -2.18. The molecule has 4 heteroatoms. The van der Waals surface area contributed by atoms with Crippen LogP contribution in [0.2, 0.25) is 0 Å². The number of H-pyrrole nitrogens is 1. The predicted octanol–water partition coefficient (Wildman–Crippen LogP) is 3.13. The van der Waals surface area contributed by atoms with Crippen LogP contribution in [-0.4, -0.2) is 15.9 Å². The van der Waals surface area contributed by atoms with Crippen LogP contribution in [0.3, 0.4) is 0 Å². The Kier molecular flexibility index (Phi) is 2.89. The van der Waals surface area contributed by atoms with Crippen molar-refractivity contribution >= 4 is 17.0 Å². The molecule has 0 radical (unpaired) electrons. The number of ether oxygens (including phenoxy) is 1. The van der Waals surface area contributed by atoms with E-state index in [1.807, 2.05) is 40.7 Å². The molecule has 2 rings (SSSR count). The topological polar surface area (TPSA) is 55.0 Å². The number of fused-ring (bicyclic) bond motifs is 1. The average Bonchev–Trinajstić information content (AvgIpc) is 2.70. The quantitative estimate of drug-likeness (QED) is 0.621. The highest BCUT2D eigenvalue weighted by Gasteiger charge is 2.25. The molecule has 0 saturated heterocycles. The molecule has 18 heavy (non-hydrogen) atoms. The third-order valence-electron chi connectivity index (χ3n) is 2.98. The van der Waals surface area contributed by atoms with Gasteiger partial charge in [-0.05, 0) is 51.8 Å². The van der Waals surface area contributed by atoms with E-state index in [-0.39, 0.29) is 5.97 Å². The highest BCUT2D eigenvalue weighted by molar-refractivity contribution is 5.88. The number of hydrogen-bond donors (Lipinski definition) is 1. The van der Waals surface area contributed by atoms with Gasteiger partial charge in [-0.2, -0.15) is 0 Å². The molecule has 0 unspecified atom stereocenters. The molecule has 0 amide bonds. The van der Waals surface area contributed by atoms with Gasteiger partial charge in [-0.1, -0.05) is 0 Å². The van der Waals surface area contributed by atoms with Crippen LogP contribution in [0.4, 0.5) is 0 Å². The third-order valence-corrected chi connectivity index (χ3v) is 2.98. The molecule has 1 N–H and O–H groups in total. The molecule has 0 aliphatic heterocycles. The summed E-state index contributed by atoms with van der Waals surface area (Å²) >= 11 is 0. The summed E-state index contributed by atoms with van der Waals surface area (Å²) in [6.07, 6.45) is 1.61. The van der Waals surface area contributed by atoms with Gasteiger partial charge in [-0.3, -0.25) is 4.79 Å². The number of esters is 1. The van der Waals surface area contributed by atoms with E-state index < -0.39 is 5.41 Å². The average molecular weight is 246 g/mol. The first-order valence-corrected chi connectivity index (χ1v) is 5.96. The molecule has 1 aromatic carbocycles. The van der Waals surface area contributed by atoms with Gasteiger partial charge in [0.05, 0.1) is 17.3 Å². The SMILES string of the molecule is Cc1cc2[nH]cnc2c(OC(=O)C(C)(C)C)c1C. The van der Waals surface area contributed by atoms with Crippen molar-refractivity contribution in [1.82, 2.24) is 9.97 Å². The van der Waals surface area contributed by atoms with Crippen molar-refractivity contribution in [2.45, 2.75) is 34.6 Å². The molecule has 1 heterocycles. The Bertz CT molecular complexity index is 606. The fourth-order valence-corrected chi connectivity index (χ4v) is 1.65. The van der Waals surface area contributed by atoms with E-state index in [0.717, 1.165) is 16.6 Å². The maximum atomic E-state index is 12.0. The summed E-state index contributed by atoms with van der Waals surface area (Å²) in [6.45, 7) is 9.44. The summed E-state index contributed by atoms with van der Waals surface area (Å²) < 4.78 is 5.54. The van der Waals surface area contributed by atoms with Crippen molar-refractivity contribution in [2.75, 3.05) is 0 Å². The van der Waals surface area contributed by atoms with Crippen molar-refractivity contribution in [3.63, 3.8) is 0 Å². The first-order chi connectivity index (χ1) is 8.30. The van der Waals surface area contributed by atoms with Crippen molar-refractivity contribution in [3.05, 3.63) is 23.5 Å². The zero-order valence-corrected chi connectivity index (χ0v) is 11.4. The third kappa shape index (κ3) is 2.10. The van der Waals surface area contributed by atoms with Crippen LogP contribution >= 0.6 is 0 Å². The predicted molar refractivity (Wildman–Crippen MR) is 70.7 cm³/mol. The van der Waals surface area contributed by atoms with Gasteiger partial charge < -0.3 is 9.72 Å². The summed E-state index contributed by atoms with van der Waals surface area (Å²) in [4.78, 5) is 19.3. The van der Waals surface area contributed by atoms with Crippen molar-refractivity contribution in [1.29, 1.82) is 0 Å². The maximum Gasteiger partial charge on any atom is 0.316 e. The highest BCUT2D eigenvalue weighted by atomic mass is 16.5. The van der Waals surface area contributed by atoms with Crippen molar-refractivity contribution < 1.29 is 9.53 Å². The van der Waals surface area contributed by atoms with Gasteiger partial charge in [-0.15, -0.1) is 0 Å². The minimum Gasteiger partial charge on any atom is -0.423 e. The first-order valence-electron chi connectivity index (χ1n) is 5.96. The maximum absolute atomic E-state index is 12.0. The second-order valence-corrected chi connectivity index (χ2v) is 5.59. The number of rotatable bonds is 1. The molecular formula is C14H18N2O2. The fourth-order valence-electron chi connectivity index (χ4n) is 1.65. The van der Waals surface area contributed by atoms with E-state index in [0.29, 0.717) is 11.3 Å². The molecule has 0 atom stereocenters.